The van der Waals surface area contributed by atoms with Gasteiger partial charge in [0.1, 0.15) is 0 Å². The second kappa shape index (κ2) is 7.33. The smallest absolute Gasteiger partial charge is 0.258 e. The highest BCUT2D eigenvalue weighted by molar-refractivity contribution is 7.89. The van der Waals surface area contributed by atoms with E-state index in [0.717, 1.165) is 10.5 Å². The topological polar surface area (TPSA) is 134 Å². The number of rotatable bonds is 5. The van der Waals surface area contributed by atoms with E-state index < -0.39 is 14.9 Å². The Balaban J connectivity index is 2.04. The van der Waals surface area contributed by atoms with Crippen molar-refractivity contribution in [3.05, 3.63) is 69.5 Å². The number of nitro benzene ring substituents is 1. The van der Waals surface area contributed by atoms with Gasteiger partial charge in [-0.05, 0) is 31.5 Å². The van der Waals surface area contributed by atoms with E-state index in [2.05, 4.69) is 10.2 Å². The van der Waals surface area contributed by atoms with Crippen LogP contribution in [0.3, 0.4) is 0 Å². The Morgan fingerprint density at radius 3 is 2.72 bits per heavy atom. The summed E-state index contributed by atoms with van der Waals surface area (Å²) in [6.45, 7) is 3.16. The van der Waals surface area contributed by atoms with Crippen LogP contribution in [0.2, 0.25) is 0 Å². The molecule has 2 aromatic heterocycles. The van der Waals surface area contributed by atoms with Gasteiger partial charge < -0.3 is 0 Å². The molecule has 0 spiro atoms. The molecular formula is C18H16N6O4S. The molecule has 3 aromatic rings. The average molecular weight is 412 g/mol. The Labute approximate surface area is 166 Å². The predicted octanol–water partition coefficient (Wildman–Crippen LogP) is 2.47. The normalized spacial score (nSPS) is 12.0. The Bertz CT molecular complexity index is 1300. The van der Waals surface area contributed by atoms with Crippen molar-refractivity contribution in [2.24, 2.45) is 5.10 Å². The minimum atomic E-state index is -4.12. The monoisotopic (exact) mass is 412 g/mol. The molecule has 0 aliphatic rings. The summed E-state index contributed by atoms with van der Waals surface area (Å²) < 4.78 is 28.2. The number of sulfonamides is 1. The number of aryl methyl sites for hydroxylation is 1. The number of nitrogens with zero attached hydrogens (tertiary/aromatic N) is 6. The fourth-order valence-electron chi connectivity index (χ4n) is 2.77. The number of non-ortho nitro benzene ring substituents is 1. The van der Waals surface area contributed by atoms with Gasteiger partial charge >= 0.3 is 0 Å². The summed E-state index contributed by atoms with van der Waals surface area (Å²) in [6.07, 6.45) is 3.14. The molecule has 1 aromatic carbocycles. The van der Waals surface area contributed by atoms with Crippen molar-refractivity contribution in [2.45, 2.75) is 18.7 Å². The van der Waals surface area contributed by atoms with Crippen LogP contribution >= 0.6 is 0 Å². The lowest BCUT2D eigenvalue weighted by Gasteiger charge is -2.16. The number of fused-ring (bicyclic) bond motifs is 1. The summed E-state index contributed by atoms with van der Waals surface area (Å²) in [5.41, 5.74) is 1.98. The van der Waals surface area contributed by atoms with Crippen LogP contribution in [-0.2, 0) is 10.0 Å². The van der Waals surface area contributed by atoms with Gasteiger partial charge in [0.2, 0.25) is 0 Å². The van der Waals surface area contributed by atoms with Gasteiger partial charge in [-0.2, -0.15) is 28.3 Å². The van der Waals surface area contributed by atoms with Gasteiger partial charge in [-0.1, -0.05) is 6.07 Å². The van der Waals surface area contributed by atoms with Crippen LogP contribution in [0.4, 0.5) is 5.69 Å². The number of hydrogen-bond acceptors (Lipinski definition) is 7. The lowest BCUT2D eigenvalue weighted by Crippen LogP contribution is -2.24. The van der Waals surface area contributed by atoms with Crippen LogP contribution in [0, 0.1) is 28.4 Å². The summed E-state index contributed by atoms with van der Waals surface area (Å²) in [5, 5.41) is 28.4. The van der Waals surface area contributed by atoms with E-state index in [1.54, 1.807) is 36.7 Å². The van der Waals surface area contributed by atoms with E-state index in [-0.39, 0.29) is 10.6 Å². The molecule has 10 nitrogen and oxygen atoms in total. The van der Waals surface area contributed by atoms with E-state index in [4.69, 9.17) is 5.26 Å². The lowest BCUT2D eigenvalue weighted by atomic mass is 10.1. The fraction of sp³-hybridized carbons (Fsp3) is 0.167. The number of nitro groups is 1. The third-order valence-electron chi connectivity index (χ3n) is 4.34. The molecule has 0 unspecified atom stereocenters. The molecule has 0 atom stereocenters. The summed E-state index contributed by atoms with van der Waals surface area (Å²) in [6, 6.07) is 8.91. The van der Waals surface area contributed by atoms with E-state index in [9.17, 15) is 18.5 Å². The first-order valence-electron chi connectivity index (χ1n) is 8.32. The van der Waals surface area contributed by atoms with Crippen LogP contribution in [0.1, 0.15) is 23.6 Å². The van der Waals surface area contributed by atoms with Gasteiger partial charge in [0.25, 0.3) is 15.7 Å². The standard InChI is InChI=1S/C18H16N6O4S/c1-12-4-5-15(24(25)26)9-18(12)29(27,28)22(3)21-13(2)16-11-20-23-7-6-14(10-19)8-17(16)23/h4-9,11H,1-3H3/b21-13+. The Morgan fingerprint density at radius 2 is 2.07 bits per heavy atom. The van der Waals surface area contributed by atoms with Crippen LogP contribution in [0.15, 0.2) is 52.7 Å². The molecule has 11 heteroatoms. The van der Waals surface area contributed by atoms with Gasteiger partial charge in [0.15, 0.2) is 0 Å². The van der Waals surface area contributed by atoms with Gasteiger partial charge in [0, 0.05) is 30.9 Å². The van der Waals surface area contributed by atoms with Crippen molar-refractivity contribution in [1.82, 2.24) is 14.0 Å². The van der Waals surface area contributed by atoms with Gasteiger partial charge in [-0.3, -0.25) is 10.1 Å². The van der Waals surface area contributed by atoms with Crippen molar-refractivity contribution >= 4 is 26.9 Å². The second-order valence-electron chi connectivity index (χ2n) is 6.25. The van der Waals surface area contributed by atoms with Crippen molar-refractivity contribution in [3.63, 3.8) is 0 Å². The Kier molecular flexibility index (Phi) is 5.04. The van der Waals surface area contributed by atoms with E-state index >= 15 is 0 Å². The zero-order valence-electron chi connectivity index (χ0n) is 15.8. The van der Waals surface area contributed by atoms with Gasteiger partial charge in [-0.15, -0.1) is 0 Å². The molecule has 2 heterocycles. The molecule has 0 fully saturated rings. The first kappa shape index (κ1) is 20.0. The average Bonchev–Trinajstić information content (AvgIpc) is 3.10. The molecule has 0 saturated heterocycles. The highest BCUT2D eigenvalue weighted by Gasteiger charge is 2.25. The summed E-state index contributed by atoms with van der Waals surface area (Å²) in [7, 11) is -2.86. The number of hydrogen-bond donors (Lipinski definition) is 0. The quantitative estimate of drug-likeness (QED) is 0.359. The lowest BCUT2D eigenvalue weighted by molar-refractivity contribution is -0.385. The highest BCUT2D eigenvalue weighted by atomic mass is 32.2. The number of hydrazone groups is 1. The maximum absolute atomic E-state index is 12.9. The third kappa shape index (κ3) is 3.65. The van der Waals surface area contributed by atoms with Gasteiger partial charge in [-0.25, -0.2) is 4.52 Å². The highest BCUT2D eigenvalue weighted by Crippen LogP contribution is 2.25. The zero-order chi connectivity index (χ0) is 21.3. The minimum absolute atomic E-state index is 0.197. The number of pyridine rings is 1. The first-order valence-corrected chi connectivity index (χ1v) is 9.76. The molecule has 29 heavy (non-hydrogen) atoms. The summed E-state index contributed by atoms with van der Waals surface area (Å²) >= 11 is 0. The van der Waals surface area contributed by atoms with Crippen molar-refractivity contribution in [3.8, 4) is 6.07 Å². The van der Waals surface area contributed by atoms with Crippen LogP contribution in [-0.4, -0.2) is 40.1 Å². The second-order valence-corrected chi connectivity index (χ2v) is 8.17. The van der Waals surface area contributed by atoms with Crippen LogP contribution in [0.25, 0.3) is 5.52 Å². The molecule has 0 aliphatic heterocycles. The third-order valence-corrected chi connectivity index (χ3v) is 6.11. The molecule has 0 amide bonds. The molecule has 0 aliphatic carbocycles. The number of benzene rings is 1. The first-order chi connectivity index (χ1) is 13.6. The maximum atomic E-state index is 12.9. The molecule has 0 radical (unpaired) electrons. The Hall–Kier alpha value is -3.78. The molecule has 3 rings (SSSR count). The van der Waals surface area contributed by atoms with E-state index in [1.807, 2.05) is 6.07 Å². The molecule has 148 valence electrons. The number of nitriles is 1. The molecule has 0 saturated carbocycles. The minimum Gasteiger partial charge on any atom is -0.258 e. The van der Waals surface area contributed by atoms with Crippen molar-refractivity contribution in [2.75, 3.05) is 7.05 Å². The van der Waals surface area contributed by atoms with Crippen molar-refractivity contribution in [1.29, 1.82) is 5.26 Å². The Morgan fingerprint density at radius 1 is 1.34 bits per heavy atom. The summed E-state index contributed by atoms with van der Waals surface area (Å²) in [4.78, 5) is 10.2. The molecule has 0 bridgehead atoms. The SMILES string of the molecule is C/C(=N\N(C)S(=O)(=O)c1cc([N+](=O)[O-])ccc1C)c1cnn2ccc(C#N)cc12. The van der Waals surface area contributed by atoms with Crippen molar-refractivity contribution < 1.29 is 13.3 Å². The van der Waals surface area contributed by atoms with Crippen LogP contribution < -0.4 is 0 Å². The van der Waals surface area contributed by atoms with Gasteiger partial charge in [0.05, 0.1) is 38.9 Å². The van der Waals surface area contributed by atoms with Crippen LogP contribution in [0.5, 0.6) is 0 Å². The summed E-state index contributed by atoms with van der Waals surface area (Å²) in [5.74, 6) is 0. The van der Waals surface area contributed by atoms with E-state index in [0.29, 0.717) is 27.9 Å². The number of aromatic nitrogens is 2. The predicted molar refractivity (Wildman–Crippen MR) is 105 cm³/mol. The molecule has 0 N–H and O–H groups in total. The fourth-order valence-corrected chi connectivity index (χ4v) is 4.03. The molecular weight excluding hydrogens is 396 g/mol. The van der Waals surface area contributed by atoms with E-state index in [1.165, 1.54) is 25.4 Å². The maximum Gasteiger partial charge on any atom is 0.279 e. The largest absolute Gasteiger partial charge is 0.279 e. The zero-order valence-corrected chi connectivity index (χ0v) is 16.6.